The van der Waals surface area contributed by atoms with Gasteiger partial charge in [-0.1, -0.05) is 13.0 Å². The molecule has 0 atom stereocenters. The molecule has 3 aromatic rings. The van der Waals surface area contributed by atoms with Crippen LogP contribution in [0.25, 0.3) is 21.3 Å². The van der Waals surface area contributed by atoms with Crippen molar-refractivity contribution in [3.8, 4) is 0 Å². The van der Waals surface area contributed by atoms with Gasteiger partial charge in [-0.15, -0.1) is 11.3 Å². The second kappa shape index (κ2) is 5.48. The van der Waals surface area contributed by atoms with Gasteiger partial charge in [-0.25, -0.2) is 4.98 Å². The molecule has 0 amide bonds. The average Bonchev–Trinajstić information content (AvgIpc) is 2.96. The highest BCUT2D eigenvalue weighted by Gasteiger charge is 2.17. The Balaban J connectivity index is 2.21. The molecular formula is C16H18N2O2S. The smallest absolute Gasteiger partial charge is 0.325 e. The molecule has 2 heterocycles. The average molecular weight is 302 g/mol. The molecule has 0 bridgehead atoms. The molecule has 0 aliphatic carbocycles. The van der Waals surface area contributed by atoms with Gasteiger partial charge in [0.15, 0.2) is 0 Å². The van der Waals surface area contributed by atoms with Crippen LogP contribution in [0.5, 0.6) is 0 Å². The van der Waals surface area contributed by atoms with Crippen molar-refractivity contribution < 1.29 is 9.53 Å². The summed E-state index contributed by atoms with van der Waals surface area (Å²) in [7, 11) is 0. The minimum Gasteiger partial charge on any atom is -0.465 e. The van der Waals surface area contributed by atoms with Crippen molar-refractivity contribution in [1.29, 1.82) is 0 Å². The minimum atomic E-state index is -0.207. The SMILES string of the molecule is CCOC(=O)Cn1c2ccc(CC)cc2c2nc(C)sc21. The topological polar surface area (TPSA) is 44.1 Å². The highest BCUT2D eigenvalue weighted by Crippen LogP contribution is 2.33. The van der Waals surface area contributed by atoms with Crippen LogP contribution in [0.1, 0.15) is 24.4 Å². The number of esters is 1. The third kappa shape index (κ3) is 2.42. The van der Waals surface area contributed by atoms with E-state index in [1.165, 1.54) is 5.56 Å². The summed E-state index contributed by atoms with van der Waals surface area (Å²) in [5.41, 5.74) is 3.32. The van der Waals surface area contributed by atoms with Gasteiger partial charge in [0.1, 0.15) is 16.9 Å². The molecule has 110 valence electrons. The molecular weight excluding hydrogens is 284 g/mol. The normalized spacial score (nSPS) is 11.4. The molecule has 0 unspecified atom stereocenters. The Bertz CT molecular complexity index is 817. The van der Waals surface area contributed by atoms with Crippen LogP contribution in [0.3, 0.4) is 0 Å². The summed E-state index contributed by atoms with van der Waals surface area (Å²) in [4.78, 5) is 17.6. The van der Waals surface area contributed by atoms with Crippen molar-refractivity contribution in [3.63, 3.8) is 0 Å². The summed E-state index contributed by atoms with van der Waals surface area (Å²) in [5, 5.41) is 2.14. The molecule has 5 heteroatoms. The molecule has 0 radical (unpaired) electrons. The number of ether oxygens (including phenoxy) is 1. The van der Waals surface area contributed by atoms with Gasteiger partial charge in [-0.3, -0.25) is 4.79 Å². The maximum absolute atomic E-state index is 11.9. The van der Waals surface area contributed by atoms with Crippen LogP contribution in [0.4, 0.5) is 0 Å². The van der Waals surface area contributed by atoms with Gasteiger partial charge in [0.2, 0.25) is 0 Å². The van der Waals surface area contributed by atoms with E-state index in [0.29, 0.717) is 6.61 Å². The van der Waals surface area contributed by atoms with Crippen LogP contribution < -0.4 is 0 Å². The zero-order chi connectivity index (χ0) is 15.0. The van der Waals surface area contributed by atoms with Gasteiger partial charge < -0.3 is 9.30 Å². The first kappa shape index (κ1) is 14.1. The highest BCUT2D eigenvalue weighted by atomic mass is 32.1. The lowest BCUT2D eigenvalue weighted by atomic mass is 10.1. The fourth-order valence-corrected chi connectivity index (χ4v) is 3.55. The van der Waals surface area contributed by atoms with E-state index in [4.69, 9.17) is 4.74 Å². The molecule has 1 aromatic carbocycles. The molecule has 0 saturated heterocycles. The van der Waals surface area contributed by atoms with Crippen LogP contribution in [0, 0.1) is 6.92 Å². The largest absolute Gasteiger partial charge is 0.465 e. The number of aryl methyl sites for hydroxylation is 2. The maximum Gasteiger partial charge on any atom is 0.325 e. The van der Waals surface area contributed by atoms with Crippen molar-refractivity contribution >= 4 is 38.6 Å². The molecule has 0 aliphatic rings. The first-order valence-corrected chi connectivity index (χ1v) is 7.99. The van der Waals surface area contributed by atoms with Crippen LogP contribution in [0.15, 0.2) is 18.2 Å². The van der Waals surface area contributed by atoms with E-state index < -0.39 is 0 Å². The number of fused-ring (bicyclic) bond motifs is 3. The molecule has 0 saturated carbocycles. The van der Waals surface area contributed by atoms with E-state index >= 15 is 0 Å². The number of benzene rings is 1. The lowest BCUT2D eigenvalue weighted by Gasteiger charge is -2.06. The molecule has 3 rings (SSSR count). The molecule has 4 nitrogen and oxygen atoms in total. The Labute approximate surface area is 127 Å². The standard InChI is InChI=1S/C16H18N2O2S/c1-4-11-6-7-13-12(8-11)15-16(21-10(3)17-15)18(13)9-14(19)20-5-2/h6-8H,4-5,9H2,1-3H3. The van der Waals surface area contributed by atoms with Gasteiger partial charge in [0.25, 0.3) is 0 Å². The Morgan fingerprint density at radius 1 is 1.38 bits per heavy atom. The van der Waals surface area contributed by atoms with Gasteiger partial charge in [0.05, 0.1) is 17.1 Å². The van der Waals surface area contributed by atoms with Crippen molar-refractivity contribution in [2.75, 3.05) is 6.61 Å². The molecule has 0 fully saturated rings. The summed E-state index contributed by atoms with van der Waals surface area (Å²) in [6.07, 6.45) is 0.990. The summed E-state index contributed by atoms with van der Waals surface area (Å²) < 4.78 is 7.11. The second-order valence-corrected chi connectivity index (χ2v) is 6.16. The number of nitrogens with zero attached hydrogens (tertiary/aromatic N) is 2. The third-order valence-corrected chi connectivity index (χ3v) is 4.56. The fraction of sp³-hybridized carbons (Fsp3) is 0.375. The van der Waals surface area contributed by atoms with Crippen molar-refractivity contribution in [3.05, 3.63) is 28.8 Å². The number of thiazole rings is 1. The molecule has 0 N–H and O–H groups in total. The van der Waals surface area contributed by atoms with E-state index in [-0.39, 0.29) is 12.5 Å². The van der Waals surface area contributed by atoms with Crippen LogP contribution in [0.2, 0.25) is 0 Å². The number of carbonyl (C=O) groups excluding carboxylic acids is 1. The van der Waals surface area contributed by atoms with Crippen LogP contribution in [-0.4, -0.2) is 22.1 Å². The Hall–Kier alpha value is -1.88. The van der Waals surface area contributed by atoms with Gasteiger partial charge >= 0.3 is 5.97 Å². The number of hydrogen-bond donors (Lipinski definition) is 0. The van der Waals surface area contributed by atoms with Crippen molar-refractivity contribution in [2.45, 2.75) is 33.7 Å². The van der Waals surface area contributed by atoms with E-state index in [9.17, 15) is 4.79 Å². The van der Waals surface area contributed by atoms with Crippen LogP contribution in [-0.2, 0) is 22.5 Å². The van der Waals surface area contributed by atoms with E-state index in [1.54, 1.807) is 11.3 Å². The highest BCUT2D eigenvalue weighted by molar-refractivity contribution is 7.18. The fourth-order valence-electron chi connectivity index (χ4n) is 2.60. The van der Waals surface area contributed by atoms with Crippen LogP contribution >= 0.6 is 11.3 Å². The first-order valence-electron chi connectivity index (χ1n) is 7.18. The minimum absolute atomic E-state index is 0.207. The predicted molar refractivity (Wildman–Crippen MR) is 85.9 cm³/mol. The first-order chi connectivity index (χ1) is 10.1. The maximum atomic E-state index is 11.9. The molecule has 21 heavy (non-hydrogen) atoms. The van der Waals surface area contributed by atoms with E-state index in [2.05, 4.69) is 30.1 Å². The summed E-state index contributed by atoms with van der Waals surface area (Å²) in [6.45, 7) is 6.60. The Morgan fingerprint density at radius 2 is 2.19 bits per heavy atom. The monoisotopic (exact) mass is 302 g/mol. The van der Waals surface area contributed by atoms with Gasteiger partial charge in [-0.05, 0) is 38.0 Å². The van der Waals surface area contributed by atoms with Gasteiger partial charge in [-0.2, -0.15) is 0 Å². The Kier molecular flexibility index (Phi) is 3.68. The van der Waals surface area contributed by atoms with Crippen molar-refractivity contribution in [2.24, 2.45) is 0 Å². The van der Waals surface area contributed by atoms with E-state index in [1.807, 2.05) is 18.4 Å². The lowest BCUT2D eigenvalue weighted by Crippen LogP contribution is -2.12. The second-order valence-electron chi connectivity index (χ2n) is 4.98. The zero-order valence-electron chi connectivity index (χ0n) is 12.5. The number of hydrogen-bond acceptors (Lipinski definition) is 4. The number of rotatable bonds is 4. The Morgan fingerprint density at radius 3 is 2.90 bits per heavy atom. The summed E-state index contributed by atoms with van der Waals surface area (Å²) in [6, 6.07) is 6.37. The summed E-state index contributed by atoms with van der Waals surface area (Å²) in [5.74, 6) is -0.207. The third-order valence-electron chi connectivity index (χ3n) is 3.57. The van der Waals surface area contributed by atoms with E-state index in [0.717, 1.165) is 32.7 Å². The molecule has 2 aromatic heterocycles. The lowest BCUT2D eigenvalue weighted by molar-refractivity contribution is -0.143. The quantitative estimate of drug-likeness (QED) is 0.690. The number of aromatic nitrogens is 2. The molecule has 0 spiro atoms. The van der Waals surface area contributed by atoms with Gasteiger partial charge in [0, 0.05) is 5.39 Å². The summed E-state index contributed by atoms with van der Waals surface area (Å²) >= 11 is 1.62. The number of carbonyl (C=O) groups is 1. The predicted octanol–water partition coefficient (Wildman–Crippen LogP) is 3.68. The molecule has 0 aliphatic heterocycles. The zero-order valence-corrected chi connectivity index (χ0v) is 13.3. The van der Waals surface area contributed by atoms with Crippen molar-refractivity contribution in [1.82, 2.24) is 9.55 Å².